The average Bonchev–Trinajstić information content (AvgIpc) is 3.48. The number of hydrogen-bond acceptors (Lipinski definition) is 15. The van der Waals surface area contributed by atoms with Crippen LogP contribution in [0.4, 0.5) is 0 Å². The zero-order valence-corrected chi connectivity index (χ0v) is 59.8. The van der Waals surface area contributed by atoms with Crippen LogP contribution in [0.25, 0.3) is 0 Å². The maximum Gasteiger partial charge on any atom is 0.472 e. The van der Waals surface area contributed by atoms with Crippen molar-refractivity contribution in [3.05, 3.63) is 0 Å². The van der Waals surface area contributed by atoms with Crippen LogP contribution in [-0.2, 0) is 65.4 Å². The third-order valence-corrected chi connectivity index (χ3v) is 18.0. The molecule has 19 heteroatoms. The van der Waals surface area contributed by atoms with E-state index < -0.39 is 97.5 Å². The second-order valence-corrected chi connectivity index (χ2v) is 30.1. The van der Waals surface area contributed by atoms with Gasteiger partial charge in [-0.05, 0) is 49.4 Å². The van der Waals surface area contributed by atoms with Gasteiger partial charge in [0.15, 0.2) is 12.2 Å². The Morgan fingerprint density at radius 1 is 0.281 bits per heavy atom. The van der Waals surface area contributed by atoms with E-state index in [0.717, 1.165) is 114 Å². The van der Waals surface area contributed by atoms with Crippen LogP contribution in [-0.4, -0.2) is 96.7 Å². The predicted molar refractivity (Wildman–Crippen MR) is 358 cm³/mol. The van der Waals surface area contributed by atoms with E-state index in [9.17, 15) is 43.2 Å². The number of aliphatic hydroxyl groups is 1. The van der Waals surface area contributed by atoms with E-state index in [2.05, 4.69) is 55.4 Å². The first kappa shape index (κ1) is 87.1. The van der Waals surface area contributed by atoms with Crippen LogP contribution in [0.2, 0.25) is 0 Å². The molecule has 17 nitrogen and oxygen atoms in total. The third-order valence-electron chi connectivity index (χ3n) is 16.1. The van der Waals surface area contributed by atoms with Crippen LogP contribution in [0.15, 0.2) is 0 Å². The summed E-state index contributed by atoms with van der Waals surface area (Å²) in [6.45, 7) is 14.1. The molecule has 3 N–H and O–H groups in total. The minimum absolute atomic E-state index is 0.104. The number of carbonyl (C=O) groups excluding carboxylic acids is 4. The molecule has 0 aliphatic rings. The smallest absolute Gasteiger partial charge is 0.462 e. The molecule has 89 heavy (non-hydrogen) atoms. The molecule has 5 atom stereocenters. The minimum atomic E-state index is -4.95. The number of rotatable bonds is 67. The van der Waals surface area contributed by atoms with Crippen LogP contribution in [0, 0.1) is 23.7 Å². The maximum absolute atomic E-state index is 13.0. The van der Waals surface area contributed by atoms with Crippen molar-refractivity contribution >= 4 is 39.5 Å². The SMILES string of the molecule is CC(C)CCCCCCCCCCCCCCCC(=O)O[C@H](COC(=O)CCCCCCCCCC(C)C)COP(=O)(O)OCC(O)COP(=O)(O)OC[C@@H](COC(=O)CCCCCCCCCCC(C)C)OC(=O)CCCCCCCCCCCC(C)C. The largest absolute Gasteiger partial charge is 0.472 e. The minimum Gasteiger partial charge on any atom is -0.462 e. The molecule has 0 aromatic rings. The lowest BCUT2D eigenvalue weighted by Gasteiger charge is -2.21. The molecule has 0 bridgehead atoms. The molecule has 528 valence electrons. The van der Waals surface area contributed by atoms with Gasteiger partial charge in [0.1, 0.15) is 19.3 Å². The molecule has 0 radical (unpaired) electrons. The van der Waals surface area contributed by atoms with E-state index in [4.69, 9.17) is 37.0 Å². The number of phosphoric ester groups is 2. The van der Waals surface area contributed by atoms with Gasteiger partial charge in [-0.15, -0.1) is 0 Å². The van der Waals surface area contributed by atoms with Crippen molar-refractivity contribution in [1.82, 2.24) is 0 Å². The Labute approximate surface area is 543 Å². The lowest BCUT2D eigenvalue weighted by atomic mass is 10.0. The molecule has 0 saturated carbocycles. The van der Waals surface area contributed by atoms with Gasteiger partial charge in [-0.25, -0.2) is 9.13 Å². The Bertz CT molecular complexity index is 1760. The van der Waals surface area contributed by atoms with Crippen LogP contribution >= 0.6 is 15.6 Å². The summed E-state index contributed by atoms with van der Waals surface area (Å²) in [5.41, 5.74) is 0. The molecule has 0 rings (SSSR count). The summed E-state index contributed by atoms with van der Waals surface area (Å²) in [6.07, 6.45) is 41.8. The van der Waals surface area contributed by atoms with Gasteiger partial charge < -0.3 is 33.8 Å². The van der Waals surface area contributed by atoms with Gasteiger partial charge >= 0.3 is 39.5 Å². The summed E-state index contributed by atoms with van der Waals surface area (Å²) in [5.74, 6) is 0.824. The molecular weight excluding hydrogens is 1170 g/mol. The molecule has 0 aromatic carbocycles. The molecule has 0 heterocycles. The summed E-state index contributed by atoms with van der Waals surface area (Å²) in [6, 6.07) is 0. The normalized spacial score (nSPS) is 14.3. The zero-order valence-electron chi connectivity index (χ0n) is 58.1. The summed E-state index contributed by atoms with van der Waals surface area (Å²) < 4.78 is 68.3. The summed E-state index contributed by atoms with van der Waals surface area (Å²) in [5, 5.41) is 10.6. The lowest BCUT2D eigenvalue weighted by Crippen LogP contribution is -2.30. The molecule has 0 saturated heterocycles. The number of esters is 4. The molecule has 0 amide bonds. The van der Waals surface area contributed by atoms with Crippen molar-refractivity contribution in [2.24, 2.45) is 23.7 Å². The first-order valence-electron chi connectivity index (χ1n) is 36.2. The van der Waals surface area contributed by atoms with Crippen molar-refractivity contribution in [2.75, 3.05) is 39.6 Å². The van der Waals surface area contributed by atoms with Crippen molar-refractivity contribution in [2.45, 2.75) is 363 Å². The van der Waals surface area contributed by atoms with Crippen LogP contribution in [0.1, 0.15) is 344 Å². The van der Waals surface area contributed by atoms with Crippen LogP contribution < -0.4 is 0 Å². The monoisotopic (exact) mass is 1310 g/mol. The number of phosphoric acid groups is 2. The third kappa shape index (κ3) is 64.6. The van der Waals surface area contributed by atoms with Gasteiger partial charge in [0.05, 0.1) is 26.4 Å². The number of hydrogen-bond donors (Lipinski definition) is 3. The predicted octanol–water partition coefficient (Wildman–Crippen LogP) is 19.7. The molecule has 3 unspecified atom stereocenters. The summed E-state index contributed by atoms with van der Waals surface area (Å²) in [4.78, 5) is 72.5. The van der Waals surface area contributed by atoms with Crippen molar-refractivity contribution in [3.63, 3.8) is 0 Å². The van der Waals surface area contributed by atoms with Gasteiger partial charge in [0.2, 0.25) is 0 Å². The Balaban J connectivity index is 5.24. The van der Waals surface area contributed by atoms with Crippen molar-refractivity contribution < 1.29 is 80.2 Å². The number of aliphatic hydroxyl groups excluding tert-OH is 1. The number of unbranched alkanes of at least 4 members (excludes halogenated alkanes) is 33. The van der Waals surface area contributed by atoms with Gasteiger partial charge in [-0.1, -0.05) is 293 Å². The van der Waals surface area contributed by atoms with Crippen molar-refractivity contribution in [1.29, 1.82) is 0 Å². The van der Waals surface area contributed by atoms with E-state index in [0.29, 0.717) is 31.6 Å². The zero-order chi connectivity index (χ0) is 66.1. The highest BCUT2D eigenvalue weighted by Gasteiger charge is 2.30. The number of ether oxygens (including phenoxy) is 4. The van der Waals surface area contributed by atoms with Crippen LogP contribution in [0.5, 0.6) is 0 Å². The standard InChI is InChI=1S/C70H136O17P2/c1-60(2)46-38-30-22-15-12-10-9-11-13-17-27-36-44-52-69(74)86-66(57-81-68(73)51-43-35-29-21-25-33-41-49-63(7)8)59-85-89(78,79)83-55-64(71)54-82-88(76,77)84-58-65(56-80-67(72)50-42-34-26-20-19-24-32-40-48-62(5)6)87-70(75)53-45-37-28-18-14-16-23-31-39-47-61(3)4/h60-66,71H,9-59H2,1-8H3,(H,76,77)(H,78,79)/t64?,65-,66-/m1/s1. The average molecular weight is 1310 g/mol. The highest BCUT2D eigenvalue weighted by atomic mass is 31.2. The molecule has 0 aliphatic carbocycles. The second-order valence-electron chi connectivity index (χ2n) is 27.2. The fourth-order valence-electron chi connectivity index (χ4n) is 10.5. The fourth-order valence-corrected chi connectivity index (χ4v) is 12.1. The van der Waals surface area contributed by atoms with Crippen LogP contribution in [0.3, 0.4) is 0 Å². The van der Waals surface area contributed by atoms with Gasteiger partial charge in [0.25, 0.3) is 0 Å². The van der Waals surface area contributed by atoms with E-state index >= 15 is 0 Å². The Hall–Kier alpha value is -1.94. The quantitative estimate of drug-likeness (QED) is 0.0222. The highest BCUT2D eigenvalue weighted by molar-refractivity contribution is 7.47. The number of carbonyl (C=O) groups is 4. The topological polar surface area (TPSA) is 237 Å². The van der Waals surface area contributed by atoms with E-state index in [1.54, 1.807) is 0 Å². The first-order valence-corrected chi connectivity index (χ1v) is 39.2. The summed E-state index contributed by atoms with van der Waals surface area (Å²) in [7, 11) is -9.90. The summed E-state index contributed by atoms with van der Waals surface area (Å²) >= 11 is 0. The molecule has 0 fully saturated rings. The highest BCUT2D eigenvalue weighted by Crippen LogP contribution is 2.45. The second kappa shape index (κ2) is 59.8. The Morgan fingerprint density at radius 2 is 0.472 bits per heavy atom. The van der Waals surface area contributed by atoms with Gasteiger partial charge in [0, 0.05) is 25.7 Å². The Morgan fingerprint density at radius 3 is 0.697 bits per heavy atom. The molecule has 0 aliphatic heterocycles. The maximum atomic E-state index is 13.0. The molecule has 0 spiro atoms. The Kier molecular flexibility index (Phi) is 58.5. The van der Waals surface area contributed by atoms with E-state index in [1.165, 1.54) is 141 Å². The van der Waals surface area contributed by atoms with E-state index in [1.807, 2.05) is 0 Å². The first-order chi connectivity index (χ1) is 42.6. The molecule has 0 aromatic heterocycles. The van der Waals surface area contributed by atoms with Gasteiger partial charge in [-0.2, -0.15) is 0 Å². The van der Waals surface area contributed by atoms with Crippen molar-refractivity contribution in [3.8, 4) is 0 Å². The fraction of sp³-hybridized carbons (Fsp3) is 0.943. The van der Waals surface area contributed by atoms with Gasteiger partial charge in [-0.3, -0.25) is 37.3 Å². The molecular formula is C70H136O17P2. The lowest BCUT2D eigenvalue weighted by molar-refractivity contribution is -0.161. The van der Waals surface area contributed by atoms with E-state index in [-0.39, 0.29) is 25.7 Å².